The number of pyridine rings is 1. The lowest BCUT2D eigenvalue weighted by atomic mass is 9.97. The van der Waals surface area contributed by atoms with Gasteiger partial charge in [-0.2, -0.15) is 0 Å². The summed E-state index contributed by atoms with van der Waals surface area (Å²) in [7, 11) is 0. The Morgan fingerprint density at radius 3 is 2.33 bits per heavy atom. The fraction of sp³-hybridized carbons (Fsp3) is 0.176. The second kappa shape index (κ2) is 11.8. The van der Waals surface area contributed by atoms with Crippen LogP contribution in [0, 0.1) is 5.92 Å². The van der Waals surface area contributed by atoms with Gasteiger partial charge in [0.2, 0.25) is 0 Å². The number of esters is 1. The van der Waals surface area contributed by atoms with Gasteiger partial charge in [0.25, 0.3) is 5.56 Å². The van der Waals surface area contributed by atoms with Crippen molar-refractivity contribution in [3.63, 3.8) is 0 Å². The zero-order valence-electron chi connectivity index (χ0n) is 22.4. The number of aromatic amines is 1. The van der Waals surface area contributed by atoms with E-state index >= 15 is 0 Å². The van der Waals surface area contributed by atoms with Crippen molar-refractivity contribution < 1.29 is 14.6 Å². The molecular weight excluding hydrogens is 522 g/mol. The quantitative estimate of drug-likeness (QED) is 0.191. The van der Waals surface area contributed by atoms with E-state index in [1.807, 2.05) is 78.9 Å². The zero-order valence-corrected chi connectivity index (χ0v) is 23.2. The first-order chi connectivity index (χ1) is 19.3. The molecule has 202 valence electrons. The molecular formula is C34H30ClNO4. The number of aromatic nitrogens is 1. The van der Waals surface area contributed by atoms with Gasteiger partial charge in [-0.25, -0.2) is 0 Å². The molecule has 0 bridgehead atoms. The Labute approximate surface area is 238 Å². The van der Waals surface area contributed by atoms with E-state index in [-0.39, 0.29) is 23.7 Å². The Morgan fingerprint density at radius 2 is 1.57 bits per heavy atom. The summed E-state index contributed by atoms with van der Waals surface area (Å²) in [5.41, 5.74) is 5.47. The number of hydrogen-bond donors (Lipinski definition) is 2. The number of carbonyl (C=O) groups is 1. The molecule has 6 heteroatoms. The maximum absolute atomic E-state index is 13.0. The number of aromatic hydroxyl groups is 1. The predicted octanol–water partition coefficient (Wildman–Crippen LogP) is 8.02. The molecule has 0 radical (unpaired) electrons. The van der Waals surface area contributed by atoms with Gasteiger partial charge in [0, 0.05) is 22.2 Å². The van der Waals surface area contributed by atoms with Gasteiger partial charge in [0.1, 0.15) is 5.75 Å². The predicted molar refractivity (Wildman–Crippen MR) is 162 cm³/mol. The van der Waals surface area contributed by atoms with Crippen molar-refractivity contribution in [3.05, 3.63) is 112 Å². The summed E-state index contributed by atoms with van der Waals surface area (Å²) in [6, 6.07) is 28.0. The van der Waals surface area contributed by atoms with Crippen molar-refractivity contribution >= 4 is 28.5 Å². The van der Waals surface area contributed by atoms with Crippen LogP contribution in [0.4, 0.5) is 0 Å². The monoisotopic (exact) mass is 551 g/mol. The highest BCUT2D eigenvalue weighted by Crippen LogP contribution is 2.37. The first-order valence-corrected chi connectivity index (χ1v) is 13.7. The van der Waals surface area contributed by atoms with E-state index in [2.05, 4.69) is 18.8 Å². The maximum Gasteiger partial charge on any atom is 0.310 e. The topological polar surface area (TPSA) is 79.4 Å². The van der Waals surface area contributed by atoms with E-state index in [4.69, 9.17) is 16.3 Å². The summed E-state index contributed by atoms with van der Waals surface area (Å²) in [6.45, 7) is 4.57. The third kappa shape index (κ3) is 6.11. The van der Waals surface area contributed by atoms with Gasteiger partial charge in [-0.05, 0) is 64.2 Å². The van der Waals surface area contributed by atoms with Crippen molar-refractivity contribution in [2.75, 3.05) is 6.61 Å². The molecule has 5 nitrogen and oxygen atoms in total. The summed E-state index contributed by atoms with van der Waals surface area (Å²) in [4.78, 5) is 28.3. The molecule has 0 saturated carbocycles. The lowest BCUT2D eigenvalue weighted by Crippen LogP contribution is -2.11. The Hall–Kier alpha value is -4.35. The smallest absolute Gasteiger partial charge is 0.310 e. The largest absolute Gasteiger partial charge is 0.507 e. The number of H-pyrrole nitrogens is 1. The van der Waals surface area contributed by atoms with Crippen LogP contribution in [-0.4, -0.2) is 22.7 Å². The van der Waals surface area contributed by atoms with Crippen LogP contribution >= 0.6 is 11.6 Å². The molecule has 5 rings (SSSR count). The number of nitrogens with one attached hydrogen (secondary N) is 1. The Bertz CT molecular complexity index is 1740. The van der Waals surface area contributed by atoms with Gasteiger partial charge in [0.15, 0.2) is 0 Å². The summed E-state index contributed by atoms with van der Waals surface area (Å²) < 4.78 is 5.35. The van der Waals surface area contributed by atoms with Gasteiger partial charge in [0.05, 0.1) is 18.1 Å². The highest BCUT2D eigenvalue weighted by molar-refractivity contribution is 6.34. The summed E-state index contributed by atoms with van der Waals surface area (Å²) in [5, 5.41) is 12.0. The fourth-order valence-electron chi connectivity index (χ4n) is 4.70. The van der Waals surface area contributed by atoms with E-state index in [1.54, 1.807) is 12.1 Å². The SMILES string of the molecule is CC(C)CCOC(=O)Cc1cccc(-c2cc3cc(-c4ccc(-c5ccccc5)c(O)c4)c(Cl)cc3[nH]c2=O)c1. The molecule has 1 aromatic heterocycles. The van der Waals surface area contributed by atoms with Gasteiger partial charge in [-0.3, -0.25) is 9.59 Å². The number of ether oxygens (including phenoxy) is 1. The number of carbonyl (C=O) groups excluding carboxylic acids is 1. The van der Waals surface area contributed by atoms with Crippen molar-refractivity contribution in [1.82, 2.24) is 4.98 Å². The molecule has 2 N–H and O–H groups in total. The summed E-state index contributed by atoms with van der Waals surface area (Å²) in [6.07, 6.45) is 0.959. The Kier molecular flexibility index (Phi) is 8.04. The number of phenols is 1. The minimum absolute atomic E-state index is 0.139. The van der Waals surface area contributed by atoms with Crippen LogP contribution in [0.2, 0.25) is 5.02 Å². The average molecular weight is 552 g/mol. The van der Waals surface area contributed by atoms with E-state index in [9.17, 15) is 14.7 Å². The highest BCUT2D eigenvalue weighted by Gasteiger charge is 2.14. The molecule has 0 aliphatic heterocycles. The first-order valence-electron chi connectivity index (χ1n) is 13.3. The second-order valence-electron chi connectivity index (χ2n) is 10.3. The number of benzene rings is 4. The number of hydrogen-bond acceptors (Lipinski definition) is 4. The molecule has 0 saturated heterocycles. The van der Waals surface area contributed by atoms with E-state index < -0.39 is 0 Å². The van der Waals surface area contributed by atoms with E-state index in [0.29, 0.717) is 34.2 Å². The van der Waals surface area contributed by atoms with Gasteiger partial charge < -0.3 is 14.8 Å². The van der Waals surface area contributed by atoms with Crippen LogP contribution in [0.5, 0.6) is 5.75 Å². The lowest BCUT2D eigenvalue weighted by molar-refractivity contribution is -0.143. The van der Waals surface area contributed by atoms with Gasteiger partial charge in [-0.1, -0.05) is 92.2 Å². The van der Waals surface area contributed by atoms with Crippen LogP contribution in [0.3, 0.4) is 0 Å². The molecule has 0 atom stereocenters. The third-order valence-corrected chi connectivity index (χ3v) is 7.18. The second-order valence-corrected chi connectivity index (χ2v) is 10.7. The van der Waals surface area contributed by atoms with E-state index in [1.165, 1.54) is 0 Å². The van der Waals surface area contributed by atoms with Crippen LogP contribution in [0.1, 0.15) is 25.8 Å². The van der Waals surface area contributed by atoms with Crippen LogP contribution in [-0.2, 0) is 16.0 Å². The molecule has 40 heavy (non-hydrogen) atoms. The zero-order chi connectivity index (χ0) is 28.2. The standard InChI is InChI=1S/C34H30ClNO4/c1-21(2)13-14-40-33(38)16-22-7-6-10-24(15-22)29-18-26-17-28(30(35)20-31(26)36-34(29)39)25-11-12-27(32(37)19-25)23-8-4-3-5-9-23/h3-12,15,17-21,37H,13-14,16H2,1-2H3,(H,36,39). The fourth-order valence-corrected chi connectivity index (χ4v) is 4.97. The molecule has 0 amide bonds. The average Bonchev–Trinajstić information content (AvgIpc) is 2.93. The molecule has 0 unspecified atom stereocenters. The minimum atomic E-state index is -0.286. The Morgan fingerprint density at radius 1 is 0.850 bits per heavy atom. The van der Waals surface area contributed by atoms with E-state index in [0.717, 1.165) is 39.6 Å². The van der Waals surface area contributed by atoms with Crippen LogP contribution in [0.25, 0.3) is 44.3 Å². The highest BCUT2D eigenvalue weighted by atomic mass is 35.5. The molecule has 5 aromatic rings. The molecule has 0 fully saturated rings. The molecule has 4 aromatic carbocycles. The van der Waals surface area contributed by atoms with Crippen molar-refractivity contribution in [2.24, 2.45) is 5.92 Å². The molecule has 0 aliphatic carbocycles. The van der Waals surface area contributed by atoms with Gasteiger partial charge in [-0.15, -0.1) is 0 Å². The lowest BCUT2D eigenvalue weighted by Gasteiger charge is -2.12. The number of fused-ring (bicyclic) bond motifs is 1. The first kappa shape index (κ1) is 27.2. The third-order valence-electron chi connectivity index (χ3n) is 6.87. The summed E-state index contributed by atoms with van der Waals surface area (Å²) in [5.74, 6) is 0.332. The number of rotatable bonds is 8. The van der Waals surface area contributed by atoms with Crippen molar-refractivity contribution in [2.45, 2.75) is 26.7 Å². The number of phenolic OH excluding ortho intramolecular Hbond substituents is 1. The van der Waals surface area contributed by atoms with Crippen molar-refractivity contribution in [1.29, 1.82) is 0 Å². The van der Waals surface area contributed by atoms with Gasteiger partial charge >= 0.3 is 5.97 Å². The maximum atomic E-state index is 13.0. The minimum Gasteiger partial charge on any atom is -0.507 e. The molecule has 1 heterocycles. The van der Waals surface area contributed by atoms with Crippen molar-refractivity contribution in [3.8, 4) is 39.1 Å². The van der Waals surface area contributed by atoms with Crippen LogP contribution < -0.4 is 5.56 Å². The summed E-state index contributed by atoms with van der Waals surface area (Å²) >= 11 is 6.63. The molecule has 0 spiro atoms. The van der Waals surface area contributed by atoms with Crippen LogP contribution in [0.15, 0.2) is 95.8 Å². The number of halogens is 1. The normalized spacial score (nSPS) is 11.2. The molecule has 0 aliphatic rings. The Balaban J connectivity index is 1.46.